The number of aromatic nitrogens is 1. The Kier molecular flexibility index (Phi) is 3.65. The van der Waals surface area contributed by atoms with E-state index < -0.39 is 0 Å². The first-order chi connectivity index (χ1) is 6.94. The van der Waals surface area contributed by atoms with E-state index in [1.807, 2.05) is 13.8 Å². The number of ether oxygens (including phenoxy) is 1. The van der Waals surface area contributed by atoms with E-state index in [1.165, 1.54) is 11.3 Å². The maximum absolute atomic E-state index is 11.5. The van der Waals surface area contributed by atoms with E-state index in [9.17, 15) is 4.79 Å². The van der Waals surface area contributed by atoms with Crippen molar-refractivity contribution in [2.75, 3.05) is 19.4 Å². The fraction of sp³-hybridized carbons (Fsp3) is 0.556. The summed E-state index contributed by atoms with van der Waals surface area (Å²) in [6.45, 7) is 4.21. The number of thiazole rings is 1. The summed E-state index contributed by atoms with van der Waals surface area (Å²) in [4.78, 5) is 15.4. The minimum atomic E-state index is -0.378. The Morgan fingerprint density at radius 1 is 1.73 bits per heavy atom. The Labute approximate surface area is 92.6 Å². The molecular weight excluding hydrogens is 214 g/mol. The number of nitrogen functional groups attached to an aromatic ring is 1. The van der Waals surface area contributed by atoms with Crippen LogP contribution in [0.1, 0.15) is 24.3 Å². The van der Waals surface area contributed by atoms with Crippen molar-refractivity contribution in [3.63, 3.8) is 0 Å². The predicted molar refractivity (Wildman–Crippen MR) is 59.9 cm³/mol. The molecule has 0 atom stereocenters. The zero-order valence-electron chi connectivity index (χ0n) is 9.03. The number of hydrogen-bond acceptors (Lipinski definition) is 5. The second-order valence-electron chi connectivity index (χ2n) is 3.72. The van der Waals surface area contributed by atoms with E-state index in [0.29, 0.717) is 17.4 Å². The van der Waals surface area contributed by atoms with Gasteiger partial charge >= 0.3 is 0 Å². The number of carbonyl (C=O) groups excluding carboxylic acids is 1. The van der Waals surface area contributed by atoms with Crippen LogP contribution in [0.2, 0.25) is 0 Å². The lowest BCUT2D eigenvalue weighted by atomic mass is 10.1. The Morgan fingerprint density at radius 3 is 2.87 bits per heavy atom. The van der Waals surface area contributed by atoms with Gasteiger partial charge in [0.05, 0.1) is 5.60 Å². The molecule has 0 aromatic carbocycles. The second kappa shape index (κ2) is 4.59. The molecular formula is C9H15N3O2S. The van der Waals surface area contributed by atoms with Crippen molar-refractivity contribution in [2.45, 2.75) is 19.4 Å². The quantitative estimate of drug-likeness (QED) is 0.803. The van der Waals surface area contributed by atoms with Crippen LogP contribution in [0.15, 0.2) is 5.38 Å². The topological polar surface area (TPSA) is 77.2 Å². The molecule has 0 bridgehead atoms. The van der Waals surface area contributed by atoms with E-state index in [1.54, 1.807) is 12.5 Å². The lowest BCUT2D eigenvalue weighted by Gasteiger charge is -2.22. The summed E-state index contributed by atoms with van der Waals surface area (Å²) in [5.41, 5.74) is 5.40. The van der Waals surface area contributed by atoms with Crippen LogP contribution in [0, 0.1) is 0 Å². The standard InChI is InChI=1S/C9H15N3O2S/c1-9(2,14-3)5-11-7(13)6-4-15-8(10)12-6/h4H,5H2,1-3H3,(H2,10,12)(H,11,13). The summed E-state index contributed by atoms with van der Waals surface area (Å²) in [6, 6.07) is 0. The lowest BCUT2D eigenvalue weighted by Crippen LogP contribution is -2.39. The van der Waals surface area contributed by atoms with Crippen LogP contribution in [0.3, 0.4) is 0 Å². The van der Waals surface area contributed by atoms with Gasteiger partial charge in [0.2, 0.25) is 0 Å². The molecule has 0 unspecified atom stereocenters. The molecule has 0 radical (unpaired) electrons. The fourth-order valence-corrected chi connectivity index (χ4v) is 1.39. The third kappa shape index (κ3) is 3.49. The molecule has 0 aliphatic carbocycles. The molecule has 0 saturated heterocycles. The van der Waals surface area contributed by atoms with Gasteiger partial charge in [-0.25, -0.2) is 4.98 Å². The number of methoxy groups -OCH3 is 1. The van der Waals surface area contributed by atoms with Crippen molar-refractivity contribution in [1.82, 2.24) is 10.3 Å². The van der Waals surface area contributed by atoms with Gasteiger partial charge in [-0.3, -0.25) is 4.79 Å². The van der Waals surface area contributed by atoms with Crippen LogP contribution in [0.25, 0.3) is 0 Å². The number of anilines is 1. The molecule has 84 valence electrons. The molecule has 0 saturated carbocycles. The van der Waals surface area contributed by atoms with E-state index >= 15 is 0 Å². The average molecular weight is 229 g/mol. The summed E-state index contributed by atoms with van der Waals surface area (Å²) in [5, 5.41) is 4.75. The zero-order chi connectivity index (χ0) is 11.5. The summed E-state index contributed by atoms with van der Waals surface area (Å²) in [7, 11) is 1.60. The minimum Gasteiger partial charge on any atom is -0.377 e. The Balaban J connectivity index is 2.50. The second-order valence-corrected chi connectivity index (χ2v) is 4.61. The number of rotatable bonds is 4. The normalized spacial score (nSPS) is 11.4. The molecule has 0 aliphatic rings. The van der Waals surface area contributed by atoms with Crippen molar-refractivity contribution >= 4 is 22.4 Å². The van der Waals surface area contributed by atoms with Crippen LogP contribution >= 0.6 is 11.3 Å². The van der Waals surface area contributed by atoms with Crippen LogP contribution < -0.4 is 11.1 Å². The van der Waals surface area contributed by atoms with Crippen LogP contribution in [-0.4, -0.2) is 30.1 Å². The smallest absolute Gasteiger partial charge is 0.270 e. The van der Waals surface area contributed by atoms with Crippen LogP contribution in [-0.2, 0) is 4.74 Å². The lowest BCUT2D eigenvalue weighted by molar-refractivity contribution is 0.0228. The zero-order valence-corrected chi connectivity index (χ0v) is 9.85. The van der Waals surface area contributed by atoms with E-state index in [-0.39, 0.29) is 11.5 Å². The molecule has 6 heteroatoms. The number of nitrogens with one attached hydrogen (secondary N) is 1. The van der Waals surface area contributed by atoms with E-state index in [2.05, 4.69) is 10.3 Å². The molecule has 0 fully saturated rings. The number of carbonyl (C=O) groups is 1. The summed E-state index contributed by atoms with van der Waals surface area (Å²) in [6.07, 6.45) is 0. The van der Waals surface area contributed by atoms with Gasteiger partial charge in [-0.2, -0.15) is 0 Å². The van der Waals surface area contributed by atoms with Crippen molar-refractivity contribution < 1.29 is 9.53 Å². The van der Waals surface area contributed by atoms with Crippen molar-refractivity contribution in [3.05, 3.63) is 11.1 Å². The molecule has 15 heavy (non-hydrogen) atoms. The first-order valence-corrected chi connectivity index (χ1v) is 5.37. The van der Waals surface area contributed by atoms with Gasteiger partial charge in [-0.15, -0.1) is 11.3 Å². The molecule has 0 spiro atoms. The maximum Gasteiger partial charge on any atom is 0.270 e. The van der Waals surface area contributed by atoms with Crippen molar-refractivity contribution in [1.29, 1.82) is 0 Å². The molecule has 1 aromatic heterocycles. The molecule has 3 N–H and O–H groups in total. The van der Waals surface area contributed by atoms with Gasteiger partial charge in [0.1, 0.15) is 5.69 Å². The SMILES string of the molecule is COC(C)(C)CNC(=O)c1csc(N)n1. The fourth-order valence-electron chi connectivity index (χ4n) is 0.848. The van der Waals surface area contributed by atoms with E-state index in [0.717, 1.165) is 0 Å². The third-order valence-corrected chi connectivity index (χ3v) is 2.66. The first kappa shape index (κ1) is 11.9. The highest BCUT2D eigenvalue weighted by Gasteiger charge is 2.18. The minimum absolute atomic E-state index is 0.229. The Bertz CT molecular complexity index is 349. The van der Waals surface area contributed by atoms with Gasteiger partial charge < -0.3 is 15.8 Å². The summed E-state index contributed by atoms with van der Waals surface area (Å²) in [5.74, 6) is -0.229. The number of hydrogen-bond donors (Lipinski definition) is 2. The number of amides is 1. The molecule has 1 rings (SSSR count). The highest BCUT2D eigenvalue weighted by Crippen LogP contribution is 2.11. The maximum atomic E-state index is 11.5. The number of nitrogens with zero attached hydrogens (tertiary/aromatic N) is 1. The van der Waals surface area contributed by atoms with Gasteiger partial charge in [0.25, 0.3) is 5.91 Å². The van der Waals surface area contributed by atoms with Gasteiger partial charge in [-0.1, -0.05) is 0 Å². The average Bonchev–Trinajstić information content (AvgIpc) is 2.61. The van der Waals surface area contributed by atoms with Crippen molar-refractivity contribution in [3.8, 4) is 0 Å². The predicted octanol–water partition coefficient (Wildman–Crippen LogP) is 0.880. The van der Waals surface area contributed by atoms with Gasteiger partial charge in [-0.05, 0) is 13.8 Å². The highest BCUT2D eigenvalue weighted by atomic mass is 32.1. The van der Waals surface area contributed by atoms with Crippen molar-refractivity contribution in [2.24, 2.45) is 0 Å². The van der Waals surface area contributed by atoms with Crippen LogP contribution in [0.5, 0.6) is 0 Å². The molecule has 1 amide bonds. The monoisotopic (exact) mass is 229 g/mol. The van der Waals surface area contributed by atoms with Gasteiger partial charge in [0, 0.05) is 19.0 Å². The summed E-state index contributed by atoms with van der Waals surface area (Å²) >= 11 is 1.25. The van der Waals surface area contributed by atoms with Crippen LogP contribution in [0.4, 0.5) is 5.13 Å². The Hall–Kier alpha value is -1.14. The summed E-state index contributed by atoms with van der Waals surface area (Å²) < 4.78 is 5.17. The molecule has 1 aromatic rings. The first-order valence-electron chi connectivity index (χ1n) is 4.49. The number of nitrogens with two attached hydrogens (primary N) is 1. The molecule has 1 heterocycles. The molecule has 5 nitrogen and oxygen atoms in total. The van der Waals surface area contributed by atoms with E-state index in [4.69, 9.17) is 10.5 Å². The highest BCUT2D eigenvalue weighted by molar-refractivity contribution is 7.13. The largest absolute Gasteiger partial charge is 0.377 e. The Morgan fingerprint density at radius 2 is 2.40 bits per heavy atom. The molecule has 0 aliphatic heterocycles. The third-order valence-electron chi connectivity index (χ3n) is 1.98. The van der Waals surface area contributed by atoms with Gasteiger partial charge in [0.15, 0.2) is 5.13 Å².